The summed E-state index contributed by atoms with van der Waals surface area (Å²) >= 11 is 0. The van der Waals surface area contributed by atoms with E-state index in [4.69, 9.17) is 56.8 Å². The van der Waals surface area contributed by atoms with Gasteiger partial charge in [-0.2, -0.15) is 0 Å². The number of hydrogen-bond donors (Lipinski definition) is 0. The third kappa shape index (κ3) is 30.4. The molecule has 0 aliphatic carbocycles. The van der Waals surface area contributed by atoms with E-state index in [-0.39, 0.29) is 18.7 Å². The molecule has 1 amide bonds. The Morgan fingerprint density at radius 2 is 0.780 bits per heavy atom. The van der Waals surface area contributed by atoms with E-state index in [1.165, 1.54) is 4.90 Å². The summed E-state index contributed by atoms with van der Waals surface area (Å²) in [5.74, 6) is -0.360. The third-order valence-corrected chi connectivity index (χ3v) is 6.09. The molecule has 15 nitrogen and oxygen atoms in total. The van der Waals surface area contributed by atoms with Crippen molar-refractivity contribution in [1.82, 2.24) is 4.90 Å². The molecule has 0 aromatic heterocycles. The van der Waals surface area contributed by atoms with Gasteiger partial charge in [-0.15, -0.1) is 0 Å². The van der Waals surface area contributed by atoms with E-state index >= 15 is 0 Å². The molecule has 0 radical (unpaired) electrons. The molecule has 0 spiro atoms. The van der Waals surface area contributed by atoms with Crippen LogP contribution in [0.15, 0.2) is 30.3 Å². The largest absolute Gasteiger partial charge is 0.460 e. The zero-order valence-corrected chi connectivity index (χ0v) is 30.6. The molecule has 0 N–H and O–H groups in total. The van der Waals surface area contributed by atoms with Gasteiger partial charge in [0, 0.05) is 13.6 Å². The zero-order valence-electron chi connectivity index (χ0n) is 30.6. The Labute approximate surface area is 297 Å². The lowest BCUT2D eigenvalue weighted by molar-refractivity contribution is -0.0273. The minimum absolute atomic E-state index is 0.197. The molecule has 0 fully saturated rings. The molecule has 0 atom stereocenters. The Balaban J connectivity index is 1.67. The van der Waals surface area contributed by atoms with Crippen LogP contribution in [0, 0.1) is 0 Å². The maximum atomic E-state index is 11.9. The number of rotatable bonds is 34. The summed E-state index contributed by atoms with van der Waals surface area (Å²) in [6, 6.07) is 8.84. The number of hydrogen-bond acceptors (Lipinski definition) is 14. The van der Waals surface area contributed by atoms with Crippen LogP contribution < -0.4 is 0 Å². The van der Waals surface area contributed by atoms with Gasteiger partial charge < -0.3 is 61.7 Å². The highest BCUT2D eigenvalue weighted by Crippen LogP contribution is 2.08. The Morgan fingerprint density at radius 3 is 1.10 bits per heavy atom. The van der Waals surface area contributed by atoms with E-state index in [0.29, 0.717) is 144 Å². The molecule has 1 aromatic carbocycles. The minimum Gasteiger partial charge on any atom is -0.460 e. The topological polar surface area (TPSA) is 148 Å². The lowest BCUT2D eigenvalue weighted by Gasteiger charge is -2.24. The fraction of sp³-hybridized carbons (Fsp3) is 0.771. The van der Waals surface area contributed by atoms with E-state index in [1.54, 1.807) is 31.3 Å². The van der Waals surface area contributed by atoms with Crippen LogP contribution in [-0.2, 0) is 56.8 Å². The first kappa shape index (κ1) is 45.6. The molecule has 0 saturated heterocycles. The Kier molecular flexibility index (Phi) is 29.6. The molecule has 1 aromatic rings. The lowest BCUT2D eigenvalue weighted by atomic mass is 10.2. The first-order valence-corrected chi connectivity index (χ1v) is 17.2. The lowest BCUT2D eigenvalue weighted by Crippen LogP contribution is -2.36. The summed E-state index contributed by atoms with van der Waals surface area (Å²) in [5.41, 5.74) is 0.00762. The molecular formula is C35H61NO14. The SMILES string of the molecule is CN(CCOCCOCCOCCOCCOCCOCCOCCOCCOCCOCCOC(=O)c1ccccc1)C(=O)OC(C)(C)C. The Bertz CT molecular complexity index is 918. The second-order valence-corrected chi connectivity index (χ2v) is 11.5. The van der Waals surface area contributed by atoms with E-state index < -0.39 is 5.60 Å². The van der Waals surface area contributed by atoms with E-state index in [0.717, 1.165) is 0 Å². The van der Waals surface area contributed by atoms with Crippen LogP contribution in [0.1, 0.15) is 31.1 Å². The molecule has 0 aliphatic heterocycles. The second-order valence-electron chi connectivity index (χ2n) is 11.5. The average Bonchev–Trinajstić information content (AvgIpc) is 3.09. The summed E-state index contributed by atoms with van der Waals surface area (Å²) < 4.78 is 65.0. The molecule has 15 heteroatoms. The fourth-order valence-electron chi connectivity index (χ4n) is 3.56. The van der Waals surface area contributed by atoms with E-state index in [1.807, 2.05) is 26.8 Å². The van der Waals surface area contributed by atoms with Crippen LogP contribution in [0.4, 0.5) is 4.79 Å². The van der Waals surface area contributed by atoms with Crippen molar-refractivity contribution in [2.45, 2.75) is 26.4 Å². The number of carbonyl (C=O) groups excluding carboxylic acids is 2. The summed E-state index contributed by atoms with van der Waals surface area (Å²) in [5, 5.41) is 0. The molecule has 1 rings (SSSR count). The van der Waals surface area contributed by atoms with Gasteiger partial charge in [0.15, 0.2) is 0 Å². The van der Waals surface area contributed by atoms with E-state index in [2.05, 4.69) is 0 Å². The number of nitrogens with zero attached hydrogens (tertiary/aromatic N) is 1. The second kappa shape index (κ2) is 32.5. The van der Waals surface area contributed by atoms with Crippen molar-refractivity contribution in [3.05, 3.63) is 35.9 Å². The average molecular weight is 720 g/mol. The number of likely N-dealkylation sites (N-methyl/N-ethyl adjacent to an activating group) is 1. The van der Waals surface area contributed by atoms with Crippen LogP contribution in [0.25, 0.3) is 0 Å². The predicted molar refractivity (Wildman–Crippen MR) is 184 cm³/mol. The van der Waals surface area contributed by atoms with Gasteiger partial charge in [-0.3, -0.25) is 0 Å². The third-order valence-electron chi connectivity index (χ3n) is 6.09. The van der Waals surface area contributed by atoms with Crippen molar-refractivity contribution in [3.63, 3.8) is 0 Å². The smallest absolute Gasteiger partial charge is 0.410 e. The highest BCUT2D eigenvalue weighted by atomic mass is 16.6. The molecule has 0 bridgehead atoms. The van der Waals surface area contributed by atoms with Gasteiger partial charge in [0.2, 0.25) is 0 Å². The monoisotopic (exact) mass is 719 g/mol. The molecule has 0 aliphatic rings. The normalized spacial score (nSPS) is 11.5. The zero-order chi connectivity index (χ0) is 36.4. The first-order valence-electron chi connectivity index (χ1n) is 17.2. The Hall–Kier alpha value is -2.44. The molecule has 0 saturated carbocycles. The maximum Gasteiger partial charge on any atom is 0.410 e. The van der Waals surface area contributed by atoms with Crippen LogP contribution >= 0.6 is 0 Å². The van der Waals surface area contributed by atoms with E-state index in [9.17, 15) is 9.59 Å². The summed E-state index contributed by atoms with van der Waals surface area (Å²) in [6.07, 6.45) is -0.368. The maximum absolute atomic E-state index is 11.9. The standard InChI is InChI=1S/C35H61NO14/c1-35(2,3)50-34(38)36(4)10-11-39-12-13-40-14-15-41-16-17-42-18-19-43-20-21-44-22-23-45-24-25-46-26-27-47-28-29-48-30-31-49-33(37)32-8-6-5-7-9-32/h5-9H,10-31H2,1-4H3. The quantitative estimate of drug-likeness (QED) is 0.0759. The highest BCUT2D eigenvalue weighted by Gasteiger charge is 2.19. The number of ether oxygens (including phenoxy) is 12. The van der Waals surface area contributed by atoms with Crippen LogP contribution in [0.2, 0.25) is 0 Å². The predicted octanol–water partition coefficient (Wildman–Crippen LogP) is 2.88. The van der Waals surface area contributed by atoms with Gasteiger partial charge in [0.05, 0.1) is 138 Å². The molecular weight excluding hydrogens is 658 g/mol. The molecule has 50 heavy (non-hydrogen) atoms. The van der Waals surface area contributed by atoms with Crippen molar-refractivity contribution in [1.29, 1.82) is 0 Å². The summed E-state index contributed by atoms with van der Waals surface area (Å²) in [4.78, 5) is 25.1. The highest BCUT2D eigenvalue weighted by molar-refractivity contribution is 5.89. The van der Waals surface area contributed by atoms with Crippen molar-refractivity contribution in [3.8, 4) is 0 Å². The van der Waals surface area contributed by atoms with Gasteiger partial charge in [0.1, 0.15) is 12.2 Å². The van der Waals surface area contributed by atoms with Crippen LogP contribution in [0.5, 0.6) is 0 Å². The fourth-order valence-corrected chi connectivity index (χ4v) is 3.56. The number of carbonyl (C=O) groups is 2. The van der Waals surface area contributed by atoms with Crippen molar-refractivity contribution in [2.75, 3.05) is 152 Å². The molecule has 0 unspecified atom stereocenters. The summed E-state index contributed by atoms with van der Waals surface area (Å²) in [7, 11) is 1.68. The van der Waals surface area contributed by atoms with Gasteiger partial charge in [-0.1, -0.05) is 18.2 Å². The van der Waals surface area contributed by atoms with Gasteiger partial charge >= 0.3 is 12.1 Å². The van der Waals surface area contributed by atoms with Crippen molar-refractivity contribution < 1.29 is 66.4 Å². The first-order chi connectivity index (χ1) is 24.3. The van der Waals surface area contributed by atoms with Gasteiger partial charge in [0.25, 0.3) is 0 Å². The minimum atomic E-state index is -0.514. The summed E-state index contributed by atoms with van der Waals surface area (Å²) in [6.45, 7) is 15.3. The van der Waals surface area contributed by atoms with Gasteiger partial charge in [-0.25, -0.2) is 9.59 Å². The Morgan fingerprint density at radius 1 is 0.480 bits per heavy atom. The number of amides is 1. The molecule has 290 valence electrons. The van der Waals surface area contributed by atoms with Crippen molar-refractivity contribution in [2.24, 2.45) is 0 Å². The van der Waals surface area contributed by atoms with Gasteiger partial charge in [-0.05, 0) is 32.9 Å². The number of esters is 1. The van der Waals surface area contributed by atoms with Crippen LogP contribution in [-0.4, -0.2) is 175 Å². The molecule has 0 heterocycles. The number of benzene rings is 1. The van der Waals surface area contributed by atoms with Crippen molar-refractivity contribution >= 4 is 12.1 Å². The van der Waals surface area contributed by atoms with Crippen LogP contribution in [0.3, 0.4) is 0 Å².